The van der Waals surface area contributed by atoms with Crippen LogP contribution in [-0.4, -0.2) is 53.5 Å². The predicted molar refractivity (Wildman–Crippen MR) is 70.7 cm³/mol. The van der Waals surface area contributed by atoms with E-state index in [9.17, 15) is 14.5 Å². The van der Waals surface area contributed by atoms with Crippen LogP contribution in [0.15, 0.2) is 17.3 Å². The van der Waals surface area contributed by atoms with Crippen LogP contribution in [0.5, 0.6) is 0 Å². The summed E-state index contributed by atoms with van der Waals surface area (Å²) in [4.78, 5) is 35.4. The number of aliphatic hydroxyl groups excluding tert-OH is 1. The molecule has 0 radical (unpaired) electrons. The van der Waals surface area contributed by atoms with Crippen molar-refractivity contribution in [1.29, 1.82) is 0 Å². The monoisotopic (exact) mass is 332 g/mol. The maximum absolute atomic E-state index is 11.6. The second kappa shape index (κ2) is 5.54. The van der Waals surface area contributed by atoms with Gasteiger partial charge in [-0.3, -0.25) is 9.32 Å². The summed E-state index contributed by atoms with van der Waals surface area (Å²) < 4.78 is 21.9. The van der Waals surface area contributed by atoms with Gasteiger partial charge < -0.3 is 24.6 Å². The molecule has 0 saturated carbocycles. The summed E-state index contributed by atoms with van der Waals surface area (Å²) in [6.07, 6.45) is 0.0585. The van der Waals surface area contributed by atoms with E-state index >= 15 is 0 Å². The van der Waals surface area contributed by atoms with Crippen LogP contribution in [0, 0.1) is 0 Å². The van der Waals surface area contributed by atoms with Gasteiger partial charge in [-0.05, 0) is 0 Å². The summed E-state index contributed by atoms with van der Waals surface area (Å²) in [7, 11) is -4.64. The highest BCUT2D eigenvalue weighted by Crippen LogP contribution is 2.38. The number of hydrogen-bond donors (Lipinski definition) is 4. The summed E-state index contributed by atoms with van der Waals surface area (Å²) in [6, 6.07) is 0. The number of ether oxygens (including phenoxy) is 1. The van der Waals surface area contributed by atoms with Crippen LogP contribution < -0.4 is 5.56 Å². The van der Waals surface area contributed by atoms with Crippen LogP contribution in [0.4, 0.5) is 0 Å². The van der Waals surface area contributed by atoms with Crippen molar-refractivity contribution in [3.8, 4) is 0 Å². The molecule has 1 aliphatic rings. The summed E-state index contributed by atoms with van der Waals surface area (Å²) >= 11 is 0. The molecule has 0 bridgehead atoms. The van der Waals surface area contributed by atoms with Crippen LogP contribution in [0.25, 0.3) is 11.0 Å². The fourth-order valence-corrected chi connectivity index (χ4v) is 2.61. The lowest BCUT2D eigenvalue weighted by Crippen LogP contribution is -2.26. The summed E-state index contributed by atoms with van der Waals surface area (Å²) in [6.45, 7) is -0.463. The first-order valence-electron chi connectivity index (χ1n) is 6.29. The molecule has 0 aliphatic carbocycles. The van der Waals surface area contributed by atoms with Crippen molar-refractivity contribution in [2.45, 2.75) is 24.9 Å². The van der Waals surface area contributed by atoms with Crippen molar-refractivity contribution in [1.82, 2.24) is 19.7 Å². The zero-order chi connectivity index (χ0) is 15.9. The molecule has 2 aromatic rings. The van der Waals surface area contributed by atoms with Crippen molar-refractivity contribution in [3.63, 3.8) is 0 Å². The molecule has 1 aliphatic heterocycles. The van der Waals surface area contributed by atoms with Gasteiger partial charge in [0.25, 0.3) is 5.56 Å². The van der Waals surface area contributed by atoms with E-state index in [0.717, 1.165) is 0 Å². The van der Waals surface area contributed by atoms with E-state index in [1.54, 1.807) is 0 Å². The van der Waals surface area contributed by atoms with Gasteiger partial charge in [0.15, 0.2) is 11.9 Å². The molecule has 3 atom stereocenters. The van der Waals surface area contributed by atoms with Crippen LogP contribution >= 0.6 is 7.82 Å². The number of nitrogens with zero attached hydrogens (tertiary/aromatic N) is 3. The third-order valence-electron chi connectivity index (χ3n) is 3.28. The number of aliphatic hydroxyl groups is 1. The lowest BCUT2D eigenvalue weighted by atomic mass is 10.2. The summed E-state index contributed by atoms with van der Waals surface area (Å²) in [5, 5.41) is 14.2. The van der Waals surface area contributed by atoms with E-state index in [0.29, 0.717) is 0 Å². The van der Waals surface area contributed by atoms with Crippen LogP contribution in [0.2, 0.25) is 0 Å². The maximum Gasteiger partial charge on any atom is 0.469 e. The van der Waals surface area contributed by atoms with Gasteiger partial charge in [0, 0.05) is 6.42 Å². The van der Waals surface area contributed by atoms with E-state index in [1.165, 1.54) is 17.2 Å². The van der Waals surface area contributed by atoms with Gasteiger partial charge in [0.1, 0.15) is 11.5 Å². The van der Waals surface area contributed by atoms with E-state index in [4.69, 9.17) is 14.5 Å². The smallest absolute Gasteiger partial charge is 0.390 e. The molecule has 1 fully saturated rings. The zero-order valence-electron chi connectivity index (χ0n) is 11.1. The molecule has 1 saturated heterocycles. The molecule has 0 spiro atoms. The third kappa shape index (κ3) is 2.95. The Hall–Kier alpha value is -1.62. The average molecular weight is 332 g/mol. The Kier molecular flexibility index (Phi) is 3.85. The largest absolute Gasteiger partial charge is 0.469 e. The number of H-pyrrole nitrogens is 1. The second-order valence-corrected chi connectivity index (χ2v) is 6.02. The second-order valence-electron chi connectivity index (χ2n) is 4.78. The van der Waals surface area contributed by atoms with Crippen LogP contribution in [-0.2, 0) is 13.8 Å². The Morgan fingerprint density at radius 2 is 2.32 bits per heavy atom. The van der Waals surface area contributed by atoms with Gasteiger partial charge in [-0.15, -0.1) is 0 Å². The third-order valence-corrected chi connectivity index (χ3v) is 3.77. The highest BCUT2D eigenvalue weighted by atomic mass is 31.2. The SMILES string of the molecule is O=c1[nH]cnc2c1cnn2[C@H]1C[C@H](O)[C@@H](COP(=O)(O)O)O1. The molecule has 3 heterocycles. The molecular formula is C10H13N4O7P. The number of nitrogens with one attached hydrogen (secondary N) is 1. The van der Waals surface area contributed by atoms with E-state index in [1.807, 2.05) is 0 Å². The van der Waals surface area contributed by atoms with Gasteiger partial charge in [-0.25, -0.2) is 14.2 Å². The van der Waals surface area contributed by atoms with Crippen molar-refractivity contribution in [2.24, 2.45) is 0 Å². The van der Waals surface area contributed by atoms with Crippen LogP contribution in [0.1, 0.15) is 12.6 Å². The van der Waals surface area contributed by atoms with Gasteiger partial charge in [-0.2, -0.15) is 5.10 Å². The average Bonchev–Trinajstić information content (AvgIpc) is 3.00. The molecule has 2 aromatic heterocycles. The lowest BCUT2D eigenvalue weighted by Gasteiger charge is -2.15. The Morgan fingerprint density at radius 3 is 3.05 bits per heavy atom. The Bertz CT molecular complexity index is 783. The van der Waals surface area contributed by atoms with Crippen molar-refractivity contribution < 1.29 is 28.7 Å². The minimum absolute atomic E-state index is 0.125. The van der Waals surface area contributed by atoms with Crippen molar-refractivity contribution in [2.75, 3.05) is 6.61 Å². The predicted octanol–water partition coefficient (Wildman–Crippen LogP) is -1.12. The molecule has 11 nitrogen and oxygen atoms in total. The molecular weight excluding hydrogens is 319 g/mol. The first-order chi connectivity index (χ1) is 10.3. The van der Waals surface area contributed by atoms with Gasteiger partial charge in [0.05, 0.1) is 25.2 Å². The highest BCUT2D eigenvalue weighted by Gasteiger charge is 2.37. The Balaban J connectivity index is 1.80. The first kappa shape index (κ1) is 15.3. The number of hydrogen-bond acceptors (Lipinski definition) is 7. The van der Waals surface area contributed by atoms with Gasteiger partial charge >= 0.3 is 7.82 Å². The molecule has 120 valence electrons. The summed E-state index contributed by atoms with van der Waals surface area (Å²) in [5.41, 5.74) is -0.0614. The molecule has 22 heavy (non-hydrogen) atoms. The number of aromatic nitrogens is 4. The Labute approximate surface area is 122 Å². The molecule has 0 aromatic carbocycles. The zero-order valence-corrected chi connectivity index (χ0v) is 12.0. The molecule has 0 amide bonds. The summed E-state index contributed by atoms with van der Waals surface area (Å²) in [5.74, 6) is 0. The van der Waals surface area contributed by atoms with Crippen molar-refractivity contribution in [3.05, 3.63) is 22.9 Å². The standard InChI is InChI=1S/C10H13N4O7P/c15-6-1-8(21-7(6)3-20-22(17,18)19)14-9-5(2-13-14)10(16)12-4-11-9/h2,4,6-8,15H,1,3H2,(H,11,12,16)(H2,17,18,19)/t6-,7+,8+/m0/s1. The van der Waals surface area contributed by atoms with E-state index in [-0.39, 0.29) is 23.0 Å². The lowest BCUT2D eigenvalue weighted by molar-refractivity contribution is -0.0462. The number of aromatic amines is 1. The van der Waals surface area contributed by atoms with E-state index in [2.05, 4.69) is 19.6 Å². The number of phosphoric acid groups is 1. The maximum atomic E-state index is 11.6. The fraction of sp³-hybridized carbons (Fsp3) is 0.500. The first-order valence-corrected chi connectivity index (χ1v) is 7.83. The normalized spacial score (nSPS) is 25.9. The number of phosphoric ester groups is 1. The minimum Gasteiger partial charge on any atom is -0.390 e. The molecule has 3 rings (SSSR count). The van der Waals surface area contributed by atoms with Crippen molar-refractivity contribution >= 4 is 18.9 Å². The fourth-order valence-electron chi connectivity index (χ4n) is 2.27. The van der Waals surface area contributed by atoms with Crippen LogP contribution in [0.3, 0.4) is 0 Å². The highest BCUT2D eigenvalue weighted by molar-refractivity contribution is 7.46. The molecule has 12 heteroatoms. The van der Waals surface area contributed by atoms with Gasteiger partial charge in [0.2, 0.25) is 0 Å². The topological polar surface area (TPSA) is 160 Å². The quantitative estimate of drug-likeness (QED) is 0.508. The Morgan fingerprint density at radius 1 is 1.55 bits per heavy atom. The van der Waals surface area contributed by atoms with Gasteiger partial charge in [-0.1, -0.05) is 0 Å². The van der Waals surface area contributed by atoms with E-state index < -0.39 is 32.9 Å². The molecule has 4 N–H and O–H groups in total. The minimum atomic E-state index is -4.64. The molecule has 0 unspecified atom stereocenters. The number of rotatable bonds is 4. The number of fused-ring (bicyclic) bond motifs is 1.